The monoisotopic (exact) mass is 389 g/mol. The Morgan fingerprint density at radius 2 is 1.75 bits per heavy atom. The van der Waals surface area contributed by atoms with Crippen LogP contribution in [0.25, 0.3) is 0 Å². The molecule has 1 aromatic carbocycles. The average Bonchev–Trinajstić information content (AvgIpc) is 2.72. The Balaban J connectivity index is 1.46. The van der Waals surface area contributed by atoms with Crippen LogP contribution in [0.15, 0.2) is 12.1 Å². The van der Waals surface area contributed by atoms with E-state index in [2.05, 4.69) is 10.6 Å². The van der Waals surface area contributed by atoms with Gasteiger partial charge in [0.15, 0.2) is 11.5 Å². The van der Waals surface area contributed by atoms with Crippen LogP contribution in [0.3, 0.4) is 0 Å². The van der Waals surface area contributed by atoms with Crippen LogP contribution in [0, 0.1) is 0 Å². The lowest BCUT2D eigenvalue weighted by molar-refractivity contribution is -0.121. The van der Waals surface area contributed by atoms with Crippen LogP contribution in [0.5, 0.6) is 11.5 Å². The number of methoxy groups -OCH3 is 2. The molecule has 2 aliphatic rings. The second kappa shape index (κ2) is 9.66. The van der Waals surface area contributed by atoms with E-state index in [-0.39, 0.29) is 11.9 Å². The van der Waals surface area contributed by atoms with Crippen molar-refractivity contribution in [3.8, 4) is 11.5 Å². The molecule has 154 valence electrons. The van der Waals surface area contributed by atoms with Gasteiger partial charge in [0.05, 0.1) is 14.2 Å². The van der Waals surface area contributed by atoms with Gasteiger partial charge >= 0.3 is 6.03 Å². The van der Waals surface area contributed by atoms with Gasteiger partial charge in [-0.2, -0.15) is 0 Å². The molecule has 0 unspecified atom stereocenters. The zero-order chi connectivity index (χ0) is 19.9. The van der Waals surface area contributed by atoms with Crippen molar-refractivity contribution in [3.05, 3.63) is 23.3 Å². The summed E-state index contributed by atoms with van der Waals surface area (Å²) in [6.45, 7) is 1.52. The zero-order valence-corrected chi connectivity index (χ0v) is 16.9. The molecule has 1 fully saturated rings. The summed E-state index contributed by atoms with van der Waals surface area (Å²) in [5, 5.41) is 5.95. The first kappa shape index (κ1) is 20.3. The predicted molar refractivity (Wildman–Crippen MR) is 107 cm³/mol. The third-order valence-electron chi connectivity index (χ3n) is 5.60. The highest BCUT2D eigenvalue weighted by Gasteiger charge is 2.23. The maximum Gasteiger partial charge on any atom is 0.317 e. The zero-order valence-electron chi connectivity index (χ0n) is 16.9. The van der Waals surface area contributed by atoms with Crippen LogP contribution in [0.1, 0.15) is 49.7 Å². The van der Waals surface area contributed by atoms with Crippen LogP contribution >= 0.6 is 0 Å². The summed E-state index contributed by atoms with van der Waals surface area (Å²) < 4.78 is 10.7. The van der Waals surface area contributed by atoms with Crippen molar-refractivity contribution in [2.75, 3.05) is 27.3 Å². The molecule has 0 radical (unpaired) electrons. The van der Waals surface area contributed by atoms with Crippen molar-refractivity contribution < 1.29 is 19.1 Å². The van der Waals surface area contributed by atoms with Crippen LogP contribution in [0.4, 0.5) is 4.79 Å². The lowest BCUT2D eigenvalue weighted by atomic mass is 9.95. The first-order valence-electron chi connectivity index (χ1n) is 10.2. The number of nitrogens with one attached hydrogen (secondary N) is 2. The molecule has 1 heterocycles. The molecule has 1 aliphatic carbocycles. The fourth-order valence-corrected chi connectivity index (χ4v) is 4.00. The molecule has 3 amide bonds. The molecule has 0 spiro atoms. The van der Waals surface area contributed by atoms with E-state index in [1.807, 2.05) is 12.1 Å². The van der Waals surface area contributed by atoms with Gasteiger partial charge in [0.2, 0.25) is 5.91 Å². The van der Waals surface area contributed by atoms with E-state index in [1.165, 1.54) is 24.8 Å². The first-order chi connectivity index (χ1) is 13.6. The molecule has 0 aromatic heterocycles. The van der Waals surface area contributed by atoms with Gasteiger partial charge in [-0.05, 0) is 42.5 Å². The molecule has 1 aliphatic heterocycles. The fraction of sp³-hybridized carbons (Fsp3) is 0.619. The quantitative estimate of drug-likeness (QED) is 0.784. The van der Waals surface area contributed by atoms with E-state index in [0.717, 1.165) is 24.8 Å². The summed E-state index contributed by atoms with van der Waals surface area (Å²) in [5.74, 6) is 1.40. The lowest BCUT2D eigenvalue weighted by Crippen LogP contribution is -2.44. The van der Waals surface area contributed by atoms with Crippen LogP contribution < -0.4 is 20.1 Å². The molecule has 7 nitrogen and oxygen atoms in total. The second-order valence-electron chi connectivity index (χ2n) is 7.53. The minimum absolute atomic E-state index is 0.0213. The molecule has 28 heavy (non-hydrogen) atoms. The third-order valence-corrected chi connectivity index (χ3v) is 5.60. The smallest absolute Gasteiger partial charge is 0.317 e. The summed E-state index contributed by atoms with van der Waals surface area (Å²) >= 11 is 0. The van der Waals surface area contributed by atoms with Crippen molar-refractivity contribution >= 4 is 11.9 Å². The Hall–Kier alpha value is -2.44. The Morgan fingerprint density at radius 1 is 1.07 bits per heavy atom. The Morgan fingerprint density at radius 3 is 2.43 bits per heavy atom. The van der Waals surface area contributed by atoms with Crippen molar-refractivity contribution in [2.24, 2.45) is 0 Å². The number of hydrogen-bond acceptors (Lipinski definition) is 4. The van der Waals surface area contributed by atoms with Crippen LogP contribution in [0.2, 0.25) is 0 Å². The van der Waals surface area contributed by atoms with Gasteiger partial charge in [-0.15, -0.1) is 0 Å². The van der Waals surface area contributed by atoms with Gasteiger partial charge < -0.3 is 25.0 Å². The second-order valence-corrected chi connectivity index (χ2v) is 7.53. The highest BCUT2D eigenvalue weighted by atomic mass is 16.5. The highest BCUT2D eigenvalue weighted by Crippen LogP contribution is 2.33. The van der Waals surface area contributed by atoms with Gasteiger partial charge in [-0.3, -0.25) is 4.79 Å². The molecule has 0 atom stereocenters. The largest absolute Gasteiger partial charge is 0.493 e. The number of ether oxygens (including phenoxy) is 2. The summed E-state index contributed by atoms with van der Waals surface area (Å²) in [6, 6.07) is 4.10. The normalized spacial score (nSPS) is 16.9. The molecule has 1 saturated carbocycles. The molecule has 0 bridgehead atoms. The SMILES string of the molecule is COc1cc2c(cc1OC)CN(C(=O)NCCC(=O)NC1CCCCC1)CC2. The highest BCUT2D eigenvalue weighted by molar-refractivity contribution is 5.78. The lowest BCUT2D eigenvalue weighted by Gasteiger charge is -2.29. The Bertz CT molecular complexity index is 701. The summed E-state index contributed by atoms with van der Waals surface area (Å²) in [7, 11) is 3.23. The van der Waals surface area contributed by atoms with Crippen molar-refractivity contribution in [3.63, 3.8) is 0 Å². The molecule has 7 heteroatoms. The number of benzene rings is 1. The number of carbonyl (C=O) groups is 2. The molecule has 2 N–H and O–H groups in total. The first-order valence-corrected chi connectivity index (χ1v) is 10.2. The van der Waals surface area contributed by atoms with Gasteiger partial charge in [-0.1, -0.05) is 19.3 Å². The number of carbonyl (C=O) groups excluding carboxylic acids is 2. The maximum atomic E-state index is 12.5. The number of urea groups is 1. The van der Waals surface area contributed by atoms with Crippen molar-refractivity contribution in [1.82, 2.24) is 15.5 Å². The minimum Gasteiger partial charge on any atom is -0.493 e. The maximum absolute atomic E-state index is 12.5. The summed E-state index contributed by atoms with van der Waals surface area (Å²) in [5.41, 5.74) is 2.24. The number of hydrogen-bond donors (Lipinski definition) is 2. The molecule has 3 rings (SSSR count). The summed E-state index contributed by atoms with van der Waals surface area (Å²) in [6.07, 6.45) is 6.87. The topological polar surface area (TPSA) is 79.9 Å². The standard InChI is InChI=1S/C21H31N3O4/c1-27-18-12-15-9-11-24(14-16(15)13-19(18)28-2)21(26)22-10-8-20(25)23-17-6-4-3-5-7-17/h12-13,17H,3-11,14H2,1-2H3,(H,22,26)(H,23,25). The minimum atomic E-state index is -0.133. The molecular weight excluding hydrogens is 358 g/mol. The van der Waals surface area contributed by atoms with Gasteiger partial charge in [0, 0.05) is 32.1 Å². The predicted octanol–water partition coefficient (Wildman–Crippen LogP) is 2.61. The summed E-state index contributed by atoms with van der Waals surface area (Å²) in [4.78, 5) is 26.3. The van der Waals surface area contributed by atoms with Gasteiger partial charge in [0.1, 0.15) is 0 Å². The van der Waals surface area contributed by atoms with E-state index < -0.39 is 0 Å². The molecule has 0 saturated heterocycles. The third kappa shape index (κ3) is 5.09. The van der Waals surface area contributed by atoms with Crippen LogP contribution in [-0.4, -0.2) is 50.2 Å². The fourth-order valence-electron chi connectivity index (χ4n) is 4.00. The Labute approximate surface area is 166 Å². The van der Waals surface area contributed by atoms with Gasteiger partial charge in [0.25, 0.3) is 0 Å². The van der Waals surface area contributed by atoms with E-state index in [1.54, 1.807) is 19.1 Å². The van der Waals surface area contributed by atoms with E-state index >= 15 is 0 Å². The van der Waals surface area contributed by atoms with Crippen LogP contribution in [-0.2, 0) is 17.8 Å². The van der Waals surface area contributed by atoms with E-state index in [0.29, 0.717) is 43.6 Å². The Kier molecular flexibility index (Phi) is 7.01. The van der Waals surface area contributed by atoms with Gasteiger partial charge in [-0.25, -0.2) is 4.79 Å². The number of amides is 3. The van der Waals surface area contributed by atoms with Crippen molar-refractivity contribution in [2.45, 2.75) is 57.5 Å². The van der Waals surface area contributed by atoms with Crippen molar-refractivity contribution in [1.29, 1.82) is 0 Å². The number of nitrogens with zero attached hydrogens (tertiary/aromatic N) is 1. The molecule has 1 aromatic rings. The van der Waals surface area contributed by atoms with E-state index in [4.69, 9.17) is 9.47 Å². The van der Waals surface area contributed by atoms with E-state index in [9.17, 15) is 9.59 Å². The average molecular weight is 389 g/mol. The number of rotatable bonds is 6. The molecular formula is C21H31N3O4. The number of fused-ring (bicyclic) bond motifs is 1.